The third-order valence-corrected chi connectivity index (χ3v) is 4.57. The van der Waals surface area contributed by atoms with E-state index in [4.69, 9.17) is 0 Å². The van der Waals surface area contributed by atoms with Crippen molar-refractivity contribution in [2.75, 3.05) is 5.32 Å². The number of carbonyl (C=O) groups excluding carboxylic acids is 2. The number of hydrogen-bond donors (Lipinski definition) is 1. The smallest absolute Gasteiger partial charge is 0.324 e. The lowest BCUT2D eigenvalue weighted by atomic mass is 10.1. The van der Waals surface area contributed by atoms with Gasteiger partial charge in [-0.2, -0.15) is 9.61 Å². The van der Waals surface area contributed by atoms with E-state index in [1.165, 1.54) is 23.2 Å². The van der Waals surface area contributed by atoms with Gasteiger partial charge < -0.3 is 5.32 Å². The number of thioether (sulfide) groups is 1. The number of nitrogens with one attached hydrogen (secondary N) is 1. The van der Waals surface area contributed by atoms with Gasteiger partial charge in [-0.1, -0.05) is 13.8 Å². The van der Waals surface area contributed by atoms with Crippen LogP contribution in [0.5, 0.6) is 0 Å². The average Bonchev–Trinajstić information content (AvgIpc) is 2.90. The second-order valence-electron chi connectivity index (χ2n) is 6.23. The molecule has 0 aliphatic carbocycles. The number of benzene rings is 1. The van der Waals surface area contributed by atoms with Crippen molar-refractivity contribution in [3.05, 3.63) is 52.4 Å². The van der Waals surface area contributed by atoms with Crippen molar-refractivity contribution in [1.29, 1.82) is 0 Å². The molecule has 1 amide bonds. The molecular formula is C18H19N5O3S. The summed E-state index contributed by atoms with van der Waals surface area (Å²) in [6.07, 6.45) is 0. The van der Waals surface area contributed by atoms with E-state index in [0.717, 1.165) is 4.68 Å². The molecule has 3 aromatic rings. The summed E-state index contributed by atoms with van der Waals surface area (Å²) in [7, 11) is 0. The Balaban J connectivity index is 1.75. The van der Waals surface area contributed by atoms with Crippen LogP contribution in [0.4, 0.5) is 5.69 Å². The minimum absolute atomic E-state index is 0.0494. The van der Waals surface area contributed by atoms with Crippen molar-refractivity contribution in [3.63, 3.8) is 0 Å². The summed E-state index contributed by atoms with van der Waals surface area (Å²) in [6.45, 7) is 5.32. The monoisotopic (exact) mass is 385 g/mol. The number of nitrogens with zero attached hydrogens (tertiary/aromatic N) is 4. The van der Waals surface area contributed by atoms with Crippen molar-refractivity contribution < 1.29 is 9.59 Å². The zero-order valence-corrected chi connectivity index (χ0v) is 16.0. The van der Waals surface area contributed by atoms with Gasteiger partial charge in [0.15, 0.2) is 11.4 Å². The second kappa shape index (κ2) is 7.75. The summed E-state index contributed by atoms with van der Waals surface area (Å²) in [6, 6.07) is 10.0. The van der Waals surface area contributed by atoms with E-state index in [1.807, 2.05) is 13.8 Å². The Labute approximate surface area is 159 Å². The highest BCUT2D eigenvalue weighted by Gasteiger charge is 2.13. The molecule has 3 rings (SSSR count). The molecule has 0 aliphatic heterocycles. The Morgan fingerprint density at radius 1 is 1.11 bits per heavy atom. The minimum Gasteiger partial charge on any atom is -0.324 e. The van der Waals surface area contributed by atoms with E-state index < -0.39 is 11.6 Å². The SMILES string of the molecule is CC(=O)c1ccc(NC(=O)Cn2nc3ccc(SC(C)C)nn3c2=O)cc1. The van der Waals surface area contributed by atoms with Crippen molar-refractivity contribution in [2.45, 2.75) is 37.6 Å². The maximum atomic E-state index is 12.4. The number of Topliss-reactive ketones (excluding diaryl/α,β-unsaturated/α-hetero) is 1. The van der Waals surface area contributed by atoms with Crippen LogP contribution in [0.3, 0.4) is 0 Å². The summed E-state index contributed by atoms with van der Waals surface area (Å²) in [5, 5.41) is 12.1. The highest BCUT2D eigenvalue weighted by atomic mass is 32.2. The molecular weight excluding hydrogens is 366 g/mol. The summed E-state index contributed by atoms with van der Waals surface area (Å²) in [4.78, 5) is 36.0. The first-order chi connectivity index (χ1) is 12.8. The van der Waals surface area contributed by atoms with Gasteiger partial charge in [0.25, 0.3) is 0 Å². The van der Waals surface area contributed by atoms with Gasteiger partial charge in [0.05, 0.1) is 0 Å². The lowest BCUT2D eigenvalue weighted by Gasteiger charge is -2.05. The van der Waals surface area contributed by atoms with Crippen LogP contribution in [0.1, 0.15) is 31.1 Å². The molecule has 0 aliphatic rings. The summed E-state index contributed by atoms with van der Waals surface area (Å²) in [5.41, 5.74) is 1.01. The fraction of sp³-hybridized carbons (Fsp3) is 0.278. The Bertz CT molecular complexity index is 1050. The predicted molar refractivity (Wildman–Crippen MR) is 103 cm³/mol. The topological polar surface area (TPSA) is 98.4 Å². The molecule has 0 saturated heterocycles. The minimum atomic E-state index is -0.474. The summed E-state index contributed by atoms with van der Waals surface area (Å²) in [5.74, 6) is -0.445. The molecule has 0 spiro atoms. The van der Waals surface area contributed by atoms with Crippen molar-refractivity contribution >= 4 is 34.8 Å². The molecule has 27 heavy (non-hydrogen) atoms. The molecule has 1 N–H and O–H groups in total. The van der Waals surface area contributed by atoms with Crippen LogP contribution in [0.15, 0.2) is 46.2 Å². The van der Waals surface area contributed by atoms with Crippen molar-refractivity contribution in [3.8, 4) is 0 Å². The number of amides is 1. The zero-order chi connectivity index (χ0) is 19.6. The Morgan fingerprint density at radius 3 is 2.44 bits per heavy atom. The molecule has 9 heteroatoms. The largest absolute Gasteiger partial charge is 0.367 e. The van der Waals surface area contributed by atoms with E-state index in [9.17, 15) is 14.4 Å². The lowest BCUT2D eigenvalue weighted by Crippen LogP contribution is -2.28. The van der Waals surface area contributed by atoms with Crippen LogP contribution in [-0.4, -0.2) is 36.3 Å². The van der Waals surface area contributed by atoms with Gasteiger partial charge in [0.2, 0.25) is 5.91 Å². The molecule has 2 heterocycles. The van der Waals surface area contributed by atoms with E-state index in [0.29, 0.717) is 27.2 Å². The van der Waals surface area contributed by atoms with Gasteiger partial charge in [-0.25, -0.2) is 9.48 Å². The van der Waals surface area contributed by atoms with Crippen molar-refractivity contribution in [1.82, 2.24) is 19.4 Å². The maximum Gasteiger partial charge on any atom is 0.367 e. The normalized spacial score (nSPS) is 11.1. The van der Waals surface area contributed by atoms with Crippen LogP contribution in [-0.2, 0) is 11.3 Å². The van der Waals surface area contributed by atoms with E-state index >= 15 is 0 Å². The van der Waals surface area contributed by atoms with Gasteiger partial charge in [-0.15, -0.1) is 16.9 Å². The molecule has 0 saturated carbocycles. The Kier molecular flexibility index (Phi) is 5.41. The van der Waals surface area contributed by atoms with Crippen LogP contribution in [0, 0.1) is 0 Å². The number of hydrogen-bond acceptors (Lipinski definition) is 6. The highest BCUT2D eigenvalue weighted by molar-refractivity contribution is 7.99. The fourth-order valence-corrected chi connectivity index (χ4v) is 3.18. The summed E-state index contributed by atoms with van der Waals surface area (Å²) < 4.78 is 2.27. The third-order valence-electron chi connectivity index (χ3n) is 3.64. The number of ketones is 1. The Hall–Kier alpha value is -2.94. The maximum absolute atomic E-state index is 12.4. The van der Waals surface area contributed by atoms with Crippen LogP contribution in [0.2, 0.25) is 0 Å². The molecule has 0 atom stereocenters. The van der Waals surface area contributed by atoms with Gasteiger partial charge in [-0.3, -0.25) is 9.59 Å². The number of aromatic nitrogens is 4. The molecule has 2 aromatic heterocycles. The Morgan fingerprint density at radius 2 is 1.81 bits per heavy atom. The van der Waals surface area contributed by atoms with Gasteiger partial charge in [0, 0.05) is 16.5 Å². The third kappa shape index (κ3) is 4.43. The molecule has 140 valence electrons. The standard InChI is InChI=1S/C18H19N5O3S/c1-11(2)27-17-9-8-15-20-22(18(26)23(15)21-17)10-16(25)19-14-6-4-13(5-7-14)12(3)24/h4-9,11H,10H2,1-3H3,(H,19,25). The van der Waals surface area contributed by atoms with E-state index in [1.54, 1.807) is 36.4 Å². The number of carbonyl (C=O) groups is 2. The van der Waals surface area contributed by atoms with Crippen LogP contribution < -0.4 is 11.0 Å². The first kappa shape index (κ1) is 18.8. The van der Waals surface area contributed by atoms with E-state index in [-0.39, 0.29) is 12.3 Å². The second-order valence-corrected chi connectivity index (χ2v) is 7.83. The predicted octanol–water partition coefficient (Wildman–Crippen LogP) is 2.23. The van der Waals surface area contributed by atoms with Crippen LogP contribution >= 0.6 is 11.8 Å². The van der Waals surface area contributed by atoms with E-state index in [2.05, 4.69) is 15.5 Å². The average molecular weight is 385 g/mol. The molecule has 0 fully saturated rings. The van der Waals surface area contributed by atoms with Gasteiger partial charge >= 0.3 is 5.69 Å². The molecule has 8 nitrogen and oxygen atoms in total. The number of rotatable bonds is 6. The highest BCUT2D eigenvalue weighted by Crippen LogP contribution is 2.19. The fourth-order valence-electron chi connectivity index (χ4n) is 2.42. The van der Waals surface area contributed by atoms with Crippen LogP contribution in [0.25, 0.3) is 5.65 Å². The van der Waals surface area contributed by atoms with Gasteiger partial charge in [-0.05, 0) is 43.3 Å². The lowest BCUT2D eigenvalue weighted by molar-refractivity contribution is -0.117. The number of anilines is 1. The first-order valence-corrected chi connectivity index (χ1v) is 9.26. The zero-order valence-electron chi connectivity index (χ0n) is 15.2. The summed E-state index contributed by atoms with van der Waals surface area (Å²) >= 11 is 1.54. The molecule has 0 unspecified atom stereocenters. The number of fused-ring (bicyclic) bond motifs is 1. The molecule has 0 radical (unpaired) electrons. The molecule has 1 aromatic carbocycles. The van der Waals surface area contributed by atoms with Crippen molar-refractivity contribution in [2.24, 2.45) is 0 Å². The molecule has 0 bridgehead atoms. The first-order valence-electron chi connectivity index (χ1n) is 8.38. The van der Waals surface area contributed by atoms with Gasteiger partial charge in [0.1, 0.15) is 11.6 Å². The quantitative estimate of drug-likeness (QED) is 0.516.